The summed E-state index contributed by atoms with van der Waals surface area (Å²) < 4.78 is 15.9. The van der Waals surface area contributed by atoms with Crippen LogP contribution in [-0.4, -0.2) is 27.0 Å². The lowest BCUT2D eigenvalue weighted by molar-refractivity contribution is 0.234. The van der Waals surface area contributed by atoms with Gasteiger partial charge in [0, 0.05) is 11.8 Å². The molecule has 2 rings (SSSR count). The number of hydrogen-bond acceptors (Lipinski definition) is 4. The number of amides is 2. The molecule has 2 amide bonds. The average Bonchev–Trinajstić information content (AvgIpc) is 2.63. The number of methoxy groups -OCH3 is 2. The third-order valence-electron chi connectivity index (χ3n) is 3.57. The van der Waals surface area contributed by atoms with Crippen LogP contribution in [0.15, 0.2) is 42.5 Å². The van der Waals surface area contributed by atoms with Crippen molar-refractivity contribution in [3.63, 3.8) is 0 Å². The van der Waals surface area contributed by atoms with Crippen molar-refractivity contribution >= 4 is 11.7 Å². The van der Waals surface area contributed by atoms with E-state index < -0.39 is 0 Å². The Labute approximate surface area is 148 Å². The predicted octanol–water partition coefficient (Wildman–Crippen LogP) is 3.81. The van der Waals surface area contributed by atoms with E-state index in [1.54, 1.807) is 32.4 Å². The summed E-state index contributed by atoms with van der Waals surface area (Å²) in [6.07, 6.45) is 2.16. The lowest BCUT2D eigenvalue weighted by Gasteiger charge is -2.12. The number of anilines is 1. The van der Waals surface area contributed by atoms with Crippen LogP contribution in [0.1, 0.15) is 18.9 Å². The largest absolute Gasteiger partial charge is 0.493 e. The van der Waals surface area contributed by atoms with Crippen molar-refractivity contribution < 1.29 is 19.0 Å². The van der Waals surface area contributed by atoms with E-state index in [4.69, 9.17) is 14.2 Å². The van der Waals surface area contributed by atoms with Gasteiger partial charge in [-0.05, 0) is 36.2 Å². The summed E-state index contributed by atoms with van der Waals surface area (Å²) >= 11 is 0. The van der Waals surface area contributed by atoms with Gasteiger partial charge >= 0.3 is 6.03 Å². The molecule has 2 aromatic rings. The monoisotopic (exact) mass is 344 g/mol. The van der Waals surface area contributed by atoms with Crippen molar-refractivity contribution in [2.45, 2.75) is 19.8 Å². The smallest absolute Gasteiger partial charge is 0.321 e. The Morgan fingerprint density at radius 1 is 1.00 bits per heavy atom. The quantitative estimate of drug-likeness (QED) is 0.715. The maximum absolute atomic E-state index is 11.9. The van der Waals surface area contributed by atoms with Gasteiger partial charge in [-0.3, -0.25) is 0 Å². The number of aryl methyl sites for hydroxylation is 1. The van der Waals surface area contributed by atoms with Crippen molar-refractivity contribution in [1.29, 1.82) is 0 Å². The fourth-order valence-corrected chi connectivity index (χ4v) is 2.32. The first-order valence-electron chi connectivity index (χ1n) is 8.15. The summed E-state index contributed by atoms with van der Waals surface area (Å²) in [4.78, 5) is 11.9. The first-order valence-corrected chi connectivity index (χ1v) is 8.15. The van der Waals surface area contributed by atoms with Crippen molar-refractivity contribution in [1.82, 2.24) is 5.32 Å². The standard InChI is InChI=1S/C19H24N2O4/c1-4-5-14-6-9-16(10-7-14)25-13-20-19(22)21-15-8-11-17(23-2)18(12-15)24-3/h6-12H,4-5,13H2,1-3H3,(H2,20,21,22). The van der Waals surface area contributed by atoms with E-state index in [9.17, 15) is 4.79 Å². The molecule has 0 atom stereocenters. The third kappa shape index (κ3) is 5.60. The maximum Gasteiger partial charge on any atom is 0.321 e. The molecule has 0 aliphatic rings. The fraction of sp³-hybridized carbons (Fsp3) is 0.316. The summed E-state index contributed by atoms with van der Waals surface area (Å²) in [6.45, 7) is 2.22. The number of carbonyl (C=O) groups is 1. The molecular formula is C19H24N2O4. The maximum atomic E-state index is 11.9. The topological polar surface area (TPSA) is 68.8 Å². The zero-order valence-corrected chi connectivity index (χ0v) is 14.8. The van der Waals surface area contributed by atoms with Crippen molar-refractivity contribution in [3.05, 3.63) is 48.0 Å². The normalized spacial score (nSPS) is 10.0. The molecule has 6 heteroatoms. The Bertz CT molecular complexity index is 686. The molecule has 25 heavy (non-hydrogen) atoms. The molecule has 0 heterocycles. The van der Waals surface area contributed by atoms with Gasteiger partial charge in [0.1, 0.15) is 5.75 Å². The lowest BCUT2D eigenvalue weighted by Crippen LogP contribution is -2.32. The fourth-order valence-electron chi connectivity index (χ4n) is 2.32. The Balaban J connectivity index is 1.80. The van der Waals surface area contributed by atoms with Crippen LogP contribution in [-0.2, 0) is 6.42 Å². The van der Waals surface area contributed by atoms with E-state index in [1.165, 1.54) is 5.56 Å². The van der Waals surface area contributed by atoms with E-state index in [-0.39, 0.29) is 12.8 Å². The van der Waals surface area contributed by atoms with Gasteiger partial charge in [0.25, 0.3) is 0 Å². The van der Waals surface area contributed by atoms with Gasteiger partial charge in [0.2, 0.25) is 0 Å². The Kier molecular flexibility index (Phi) is 6.95. The molecule has 0 spiro atoms. The highest BCUT2D eigenvalue weighted by molar-refractivity contribution is 5.89. The minimum Gasteiger partial charge on any atom is -0.493 e. The van der Waals surface area contributed by atoms with Gasteiger partial charge in [-0.1, -0.05) is 25.5 Å². The summed E-state index contributed by atoms with van der Waals surface area (Å²) in [5.74, 6) is 1.86. The molecule has 2 aromatic carbocycles. The second kappa shape index (κ2) is 9.42. The summed E-state index contributed by atoms with van der Waals surface area (Å²) in [7, 11) is 3.10. The molecule has 0 radical (unpaired) electrons. The molecule has 134 valence electrons. The van der Waals surface area contributed by atoms with Crippen molar-refractivity contribution in [2.75, 3.05) is 26.3 Å². The van der Waals surface area contributed by atoms with Crippen LogP contribution >= 0.6 is 0 Å². The molecule has 0 unspecified atom stereocenters. The van der Waals surface area contributed by atoms with E-state index in [0.717, 1.165) is 12.8 Å². The Morgan fingerprint density at radius 2 is 1.72 bits per heavy atom. The molecular weight excluding hydrogens is 320 g/mol. The Morgan fingerprint density at radius 3 is 2.36 bits per heavy atom. The van der Waals surface area contributed by atoms with Crippen molar-refractivity contribution in [2.24, 2.45) is 0 Å². The van der Waals surface area contributed by atoms with Gasteiger partial charge in [0.05, 0.1) is 14.2 Å². The minimum atomic E-state index is -0.366. The number of nitrogens with one attached hydrogen (secondary N) is 2. The van der Waals surface area contributed by atoms with Crippen LogP contribution in [0, 0.1) is 0 Å². The minimum absolute atomic E-state index is 0.0756. The second-order valence-corrected chi connectivity index (χ2v) is 5.38. The molecule has 6 nitrogen and oxygen atoms in total. The van der Waals surface area contributed by atoms with Crippen LogP contribution < -0.4 is 24.8 Å². The molecule has 0 saturated carbocycles. The zero-order valence-electron chi connectivity index (χ0n) is 14.8. The number of ether oxygens (including phenoxy) is 3. The number of urea groups is 1. The van der Waals surface area contributed by atoms with E-state index in [2.05, 4.69) is 17.6 Å². The van der Waals surface area contributed by atoms with E-state index in [1.807, 2.05) is 24.3 Å². The van der Waals surface area contributed by atoms with Gasteiger partial charge < -0.3 is 24.8 Å². The lowest BCUT2D eigenvalue weighted by atomic mass is 10.1. The predicted molar refractivity (Wildman–Crippen MR) is 97.6 cm³/mol. The molecule has 0 fully saturated rings. The van der Waals surface area contributed by atoms with Gasteiger partial charge in [-0.2, -0.15) is 0 Å². The molecule has 0 aromatic heterocycles. The zero-order chi connectivity index (χ0) is 18.1. The van der Waals surface area contributed by atoms with E-state index in [0.29, 0.717) is 22.9 Å². The first-order chi connectivity index (χ1) is 12.2. The number of rotatable bonds is 8. The van der Waals surface area contributed by atoms with Crippen LogP contribution in [0.2, 0.25) is 0 Å². The SMILES string of the molecule is CCCc1ccc(OCNC(=O)Nc2ccc(OC)c(OC)c2)cc1. The highest BCUT2D eigenvalue weighted by atomic mass is 16.5. The highest BCUT2D eigenvalue weighted by Gasteiger charge is 2.07. The average molecular weight is 344 g/mol. The molecule has 0 aliphatic heterocycles. The summed E-state index contributed by atoms with van der Waals surface area (Å²) in [6, 6.07) is 12.6. The summed E-state index contributed by atoms with van der Waals surface area (Å²) in [5.41, 5.74) is 1.87. The van der Waals surface area contributed by atoms with Crippen LogP contribution in [0.3, 0.4) is 0 Å². The molecule has 0 bridgehead atoms. The number of hydrogen-bond donors (Lipinski definition) is 2. The van der Waals surface area contributed by atoms with Gasteiger partial charge in [-0.25, -0.2) is 4.79 Å². The van der Waals surface area contributed by atoms with Crippen LogP contribution in [0.4, 0.5) is 10.5 Å². The highest BCUT2D eigenvalue weighted by Crippen LogP contribution is 2.29. The third-order valence-corrected chi connectivity index (χ3v) is 3.57. The molecule has 2 N–H and O–H groups in total. The van der Waals surface area contributed by atoms with Crippen LogP contribution in [0.25, 0.3) is 0 Å². The van der Waals surface area contributed by atoms with Crippen molar-refractivity contribution in [3.8, 4) is 17.2 Å². The Hall–Kier alpha value is -2.89. The number of benzene rings is 2. The molecule has 0 saturated heterocycles. The van der Waals surface area contributed by atoms with E-state index >= 15 is 0 Å². The number of carbonyl (C=O) groups excluding carboxylic acids is 1. The second-order valence-electron chi connectivity index (χ2n) is 5.38. The first kappa shape index (κ1) is 18.4. The van der Waals surface area contributed by atoms with Gasteiger partial charge in [-0.15, -0.1) is 0 Å². The van der Waals surface area contributed by atoms with Gasteiger partial charge in [0.15, 0.2) is 18.2 Å². The molecule has 0 aliphatic carbocycles. The summed E-state index contributed by atoms with van der Waals surface area (Å²) in [5, 5.41) is 5.36. The van der Waals surface area contributed by atoms with Crippen LogP contribution in [0.5, 0.6) is 17.2 Å².